The molecule has 0 aliphatic carbocycles. The smallest absolute Gasteiger partial charge is 0.319 e. The fourth-order valence-electron chi connectivity index (χ4n) is 3.27. The molecule has 0 radical (unpaired) electrons. The Labute approximate surface area is 186 Å². The van der Waals surface area contributed by atoms with Gasteiger partial charge in [-0.25, -0.2) is 4.79 Å². The Bertz CT molecular complexity index is 872. The van der Waals surface area contributed by atoms with E-state index >= 15 is 0 Å². The number of fused-ring (bicyclic) bond motifs is 1. The van der Waals surface area contributed by atoms with Crippen LogP contribution in [0.2, 0.25) is 0 Å². The molecule has 168 valence electrons. The average molecular weight is 448 g/mol. The molecule has 0 unspecified atom stereocenters. The van der Waals surface area contributed by atoms with Crippen molar-refractivity contribution in [2.24, 2.45) is 0 Å². The number of carbonyl (C=O) groups excluding carboxylic acids is 2. The summed E-state index contributed by atoms with van der Waals surface area (Å²) in [7, 11) is 5.00. The molecule has 1 aliphatic rings. The number of benzene rings is 1. The second-order valence-corrected chi connectivity index (χ2v) is 8.49. The highest BCUT2D eigenvalue weighted by Gasteiger charge is 2.23. The van der Waals surface area contributed by atoms with Crippen molar-refractivity contribution in [3.63, 3.8) is 0 Å². The number of nitrogens with zero attached hydrogens (tertiary/aromatic N) is 3. The van der Waals surface area contributed by atoms with Crippen LogP contribution in [0.15, 0.2) is 35.7 Å². The first-order valence-electron chi connectivity index (χ1n) is 10.1. The Balaban J connectivity index is 1.74. The minimum Gasteiger partial charge on any atom is -0.454 e. The molecule has 8 nitrogen and oxygen atoms in total. The normalized spacial score (nSPS) is 12.0. The lowest BCUT2D eigenvalue weighted by molar-refractivity contribution is -0.133. The summed E-state index contributed by atoms with van der Waals surface area (Å²) in [6.07, 6.45) is 0.663. The summed E-state index contributed by atoms with van der Waals surface area (Å²) in [5.74, 6) is 1.28. The van der Waals surface area contributed by atoms with Gasteiger partial charge < -0.3 is 28.9 Å². The maximum Gasteiger partial charge on any atom is 0.319 e. The van der Waals surface area contributed by atoms with Crippen molar-refractivity contribution in [1.82, 2.24) is 14.7 Å². The monoisotopic (exact) mass is 447 g/mol. The van der Waals surface area contributed by atoms with E-state index in [1.165, 1.54) is 4.90 Å². The first-order valence-corrected chi connectivity index (χ1v) is 11.0. The van der Waals surface area contributed by atoms with Crippen molar-refractivity contribution in [1.29, 1.82) is 0 Å². The first-order chi connectivity index (χ1) is 15.0. The number of methoxy groups -OCH3 is 1. The van der Waals surface area contributed by atoms with Crippen molar-refractivity contribution in [2.75, 3.05) is 47.7 Å². The molecular formula is C22H29N3O5S. The van der Waals surface area contributed by atoms with Crippen molar-refractivity contribution < 1.29 is 23.8 Å². The van der Waals surface area contributed by atoms with Crippen LogP contribution in [0.3, 0.4) is 0 Å². The van der Waals surface area contributed by atoms with Crippen LogP contribution >= 0.6 is 11.3 Å². The molecule has 2 aromatic rings. The Morgan fingerprint density at radius 3 is 2.61 bits per heavy atom. The van der Waals surface area contributed by atoms with E-state index < -0.39 is 0 Å². The van der Waals surface area contributed by atoms with Gasteiger partial charge in [-0.2, -0.15) is 0 Å². The summed E-state index contributed by atoms with van der Waals surface area (Å²) >= 11 is 1.60. The van der Waals surface area contributed by atoms with E-state index in [4.69, 9.17) is 14.2 Å². The van der Waals surface area contributed by atoms with Crippen LogP contribution in [0, 0.1) is 0 Å². The van der Waals surface area contributed by atoms with E-state index in [1.807, 2.05) is 35.7 Å². The maximum absolute atomic E-state index is 13.3. The zero-order chi connectivity index (χ0) is 22.2. The summed E-state index contributed by atoms with van der Waals surface area (Å²) in [5.41, 5.74) is 0.944. The fraction of sp³-hybridized carbons (Fsp3) is 0.455. The van der Waals surface area contributed by atoms with E-state index in [0.717, 1.165) is 10.4 Å². The number of hydrogen-bond acceptors (Lipinski definition) is 6. The standard InChI is InChI=1S/C22H29N3O5S/c1-23(2)22(27)24(9-5-10-28-3)15-21(26)25(14-18-6-4-11-31-18)13-17-7-8-19-20(12-17)30-16-29-19/h4,6-8,11-12H,5,9-10,13-16H2,1-3H3. The number of thiophene rings is 1. The summed E-state index contributed by atoms with van der Waals surface area (Å²) in [5, 5.41) is 1.99. The molecule has 0 atom stereocenters. The molecule has 0 N–H and O–H groups in total. The lowest BCUT2D eigenvalue weighted by Gasteiger charge is -2.29. The molecule has 0 saturated heterocycles. The zero-order valence-electron chi connectivity index (χ0n) is 18.2. The number of urea groups is 1. The largest absolute Gasteiger partial charge is 0.454 e. The SMILES string of the molecule is COCCCN(CC(=O)N(Cc1ccc2c(c1)OCO2)Cc1cccs1)C(=O)N(C)C. The zero-order valence-corrected chi connectivity index (χ0v) is 19.0. The third kappa shape index (κ3) is 6.35. The minimum atomic E-state index is -0.191. The number of ether oxygens (including phenoxy) is 3. The number of amides is 3. The van der Waals surface area contributed by atoms with Gasteiger partial charge in [-0.05, 0) is 35.6 Å². The van der Waals surface area contributed by atoms with Crippen LogP contribution in [-0.4, -0.2) is 74.3 Å². The summed E-state index contributed by atoms with van der Waals surface area (Å²) < 4.78 is 16.0. The molecule has 0 saturated carbocycles. The van der Waals surface area contributed by atoms with Gasteiger partial charge in [-0.1, -0.05) is 12.1 Å². The predicted molar refractivity (Wildman–Crippen MR) is 118 cm³/mol. The second-order valence-electron chi connectivity index (χ2n) is 7.46. The molecule has 31 heavy (non-hydrogen) atoms. The van der Waals surface area contributed by atoms with Gasteiger partial charge in [0.15, 0.2) is 11.5 Å². The third-order valence-corrected chi connectivity index (χ3v) is 5.71. The second kappa shape index (κ2) is 11.0. The van der Waals surface area contributed by atoms with Gasteiger partial charge in [0.1, 0.15) is 6.54 Å². The molecule has 1 aromatic carbocycles. The molecule has 0 spiro atoms. The van der Waals surface area contributed by atoms with Gasteiger partial charge in [-0.15, -0.1) is 11.3 Å². The molecule has 1 aliphatic heterocycles. The Hall–Kier alpha value is -2.78. The van der Waals surface area contributed by atoms with Gasteiger partial charge in [0.2, 0.25) is 12.7 Å². The number of carbonyl (C=O) groups is 2. The Kier molecular flexibility index (Phi) is 8.13. The quantitative estimate of drug-likeness (QED) is 0.524. The molecular weight excluding hydrogens is 418 g/mol. The highest BCUT2D eigenvalue weighted by Crippen LogP contribution is 2.33. The molecule has 0 bridgehead atoms. The van der Waals surface area contributed by atoms with E-state index in [-0.39, 0.29) is 25.3 Å². The lowest BCUT2D eigenvalue weighted by Crippen LogP contribution is -2.46. The van der Waals surface area contributed by atoms with E-state index in [2.05, 4.69) is 0 Å². The molecule has 1 aromatic heterocycles. The van der Waals surface area contributed by atoms with Crippen LogP contribution < -0.4 is 9.47 Å². The van der Waals surface area contributed by atoms with Crippen LogP contribution in [0.1, 0.15) is 16.9 Å². The molecule has 3 amide bonds. The first kappa shape index (κ1) is 22.9. The number of rotatable bonds is 10. The maximum atomic E-state index is 13.3. The molecule has 3 rings (SSSR count). The van der Waals surface area contributed by atoms with Gasteiger partial charge >= 0.3 is 6.03 Å². The summed E-state index contributed by atoms with van der Waals surface area (Å²) in [6.45, 7) is 2.09. The Morgan fingerprint density at radius 2 is 1.90 bits per heavy atom. The van der Waals surface area contributed by atoms with Crippen molar-refractivity contribution >= 4 is 23.3 Å². The van der Waals surface area contributed by atoms with E-state index in [0.29, 0.717) is 44.2 Å². The van der Waals surface area contributed by atoms with Gasteiger partial charge in [0.05, 0.1) is 6.54 Å². The number of hydrogen-bond donors (Lipinski definition) is 0. The van der Waals surface area contributed by atoms with Crippen molar-refractivity contribution in [3.8, 4) is 11.5 Å². The minimum absolute atomic E-state index is 0.0106. The van der Waals surface area contributed by atoms with Crippen LogP contribution in [-0.2, 0) is 22.6 Å². The van der Waals surface area contributed by atoms with Crippen LogP contribution in [0.25, 0.3) is 0 Å². The molecule has 9 heteroatoms. The van der Waals surface area contributed by atoms with Gasteiger partial charge in [-0.3, -0.25) is 4.79 Å². The fourth-order valence-corrected chi connectivity index (χ4v) is 3.99. The van der Waals surface area contributed by atoms with Gasteiger partial charge in [0.25, 0.3) is 0 Å². The van der Waals surface area contributed by atoms with Gasteiger partial charge in [0, 0.05) is 45.8 Å². The summed E-state index contributed by atoms with van der Waals surface area (Å²) in [6, 6.07) is 9.48. The summed E-state index contributed by atoms with van der Waals surface area (Å²) in [4.78, 5) is 31.8. The molecule has 2 heterocycles. The van der Waals surface area contributed by atoms with E-state index in [9.17, 15) is 9.59 Å². The predicted octanol–water partition coefficient (Wildman–Crippen LogP) is 3.03. The van der Waals surface area contributed by atoms with Crippen molar-refractivity contribution in [2.45, 2.75) is 19.5 Å². The highest BCUT2D eigenvalue weighted by molar-refractivity contribution is 7.09. The van der Waals surface area contributed by atoms with Crippen molar-refractivity contribution in [3.05, 3.63) is 46.2 Å². The highest BCUT2D eigenvalue weighted by atomic mass is 32.1. The average Bonchev–Trinajstić information content (AvgIpc) is 3.43. The van der Waals surface area contributed by atoms with Crippen LogP contribution in [0.5, 0.6) is 11.5 Å². The third-order valence-electron chi connectivity index (χ3n) is 4.85. The lowest BCUT2D eigenvalue weighted by atomic mass is 10.2. The topological polar surface area (TPSA) is 71.5 Å². The van der Waals surface area contributed by atoms with Crippen LogP contribution in [0.4, 0.5) is 4.79 Å². The molecule has 0 fully saturated rings. The Morgan fingerprint density at radius 1 is 1.10 bits per heavy atom. The van der Waals surface area contributed by atoms with E-state index in [1.54, 1.807) is 42.3 Å².